The minimum absolute atomic E-state index is 0.527. The van der Waals surface area contributed by atoms with Gasteiger partial charge >= 0.3 is 0 Å². The Labute approximate surface area is 69.6 Å². The SMILES string of the molecule is CCNC/C=C/C(C)COC. The summed E-state index contributed by atoms with van der Waals surface area (Å²) in [6.45, 7) is 7.05. The van der Waals surface area contributed by atoms with Gasteiger partial charge in [-0.15, -0.1) is 0 Å². The van der Waals surface area contributed by atoms with Crippen LogP contribution in [0.1, 0.15) is 13.8 Å². The summed E-state index contributed by atoms with van der Waals surface area (Å²) in [6.07, 6.45) is 4.32. The normalized spacial score (nSPS) is 14.1. The van der Waals surface area contributed by atoms with E-state index in [0.29, 0.717) is 5.92 Å². The van der Waals surface area contributed by atoms with Crippen LogP contribution >= 0.6 is 0 Å². The van der Waals surface area contributed by atoms with Crippen LogP contribution in [-0.4, -0.2) is 26.8 Å². The van der Waals surface area contributed by atoms with E-state index >= 15 is 0 Å². The third-order valence-corrected chi connectivity index (χ3v) is 1.41. The topological polar surface area (TPSA) is 21.3 Å². The average Bonchev–Trinajstić information content (AvgIpc) is 1.99. The molecular formula is C9H19NO. The Balaban J connectivity index is 3.24. The van der Waals surface area contributed by atoms with E-state index in [2.05, 4.69) is 31.3 Å². The molecule has 0 rings (SSSR count). The Morgan fingerprint density at radius 1 is 1.55 bits per heavy atom. The quantitative estimate of drug-likeness (QED) is 0.465. The van der Waals surface area contributed by atoms with Gasteiger partial charge in [0, 0.05) is 13.7 Å². The molecule has 0 heterocycles. The first-order valence-electron chi connectivity index (χ1n) is 4.17. The number of nitrogens with one attached hydrogen (secondary N) is 1. The van der Waals surface area contributed by atoms with Gasteiger partial charge in [0.2, 0.25) is 0 Å². The Morgan fingerprint density at radius 2 is 2.27 bits per heavy atom. The lowest BCUT2D eigenvalue weighted by atomic mass is 10.2. The highest BCUT2D eigenvalue weighted by Gasteiger charge is 1.92. The largest absolute Gasteiger partial charge is 0.384 e. The second-order valence-electron chi connectivity index (χ2n) is 2.67. The van der Waals surface area contributed by atoms with Crippen molar-refractivity contribution in [3.05, 3.63) is 12.2 Å². The van der Waals surface area contributed by atoms with E-state index in [1.807, 2.05) is 0 Å². The van der Waals surface area contributed by atoms with Gasteiger partial charge < -0.3 is 10.1 Å². The third-order valence-electron chi connectivity index (χ3n) is 1.41. The van der Waals surface area contributed by atoms with E-state index in [-0.39, 0.29) is 0 Å². The van der Waals surface area contributed by atoms with Crippen LogP contribution in [0.4, 0.5) is 0 Å². The molecule has 0 aliphatic carbocycles. The van der Waals surface area contributed by atoms with Gasteiger partial charge in [-0.05, 0) is 12.5 Å². The van der Waals surface area contributed by atoms with Crippen molar-refractivity contribution in [3.63, 3.8) is 0 Å². The Kier molecular flexibility index (Phi) is 7.52. The van der Waals surface area contributed by atoms with E-state index in [0.717, 1.165) is 19.7 Å². The molecule has 1 N–H and O–H groups in total. The van der Waals surface area contributed by atoms with Crippen molar-refractivity contribution in [2.24, 2.45) is 5.92 Å². The summed E-state index contributed by atoms with van der Waals surface area (Å²) < 4.78 is 4.99. The molecule has 0 spiro atoms. The minimum atomic E-state index is 0.527. The van der Waals surface area contributed by atoms with E-state index in [1.54, 1.807) is 7.11 Å². The fraction of sp³-hybridized carbons (Fsp3) is 0.778. The summed E-state index contributed by atoms with van der Waals surface area (Å²) in [4.78, 5) is 0. The molecule has 2 nitrogen and oxygen atoms in total. The van der Waals surface area contributed by atoms with E-state index in [9.17, 15) is 0 Å². The van der Waals surface area contributed by atoms with Crippen LogP contribution in [0.3, 0.4) is 0 Å². The Morgan fingerprint density at radius 3 is 2.82 bits per heavy atom. The molecule has 66 valence electrons. The molecule has 0 fully saturated rings. The molecule has 0 saturated carbocycles. The molecule has 2 heteroatoms. The van der Waals surface area contributed by atoms with Gasteiger partial charge in [-0.3, -0.25) is 0 Å². The highest BCUT2D eigenvalue weighted by molar-refractivity contribution is 4.87. The molecular weight excluding hydrogens is 138 g/mol. The number of rotatable bonds is 6. The molecule has 0 radical (unpaired) electrons. The van der Waals surface area contributed by atoms with Crippen molar-refractivity contribution in [2.45, 2.75) is 13.8 Å². The van der Waals surface area contributed by atoms with Crippen molar-refractivity contribution in [3.8, 4) is 0 Å². The maximum absolute atomic E-state index is 4.99. The van der Waals surface area contributed by atoms with Gasteiger partial charge in [-0.1, -0.05) is 26.0 Å². The van der Waals surface area contributed by atoms with Gasteiger partial charge in [0.15, 0.2) is 0 Å². The fourth-order valence-electron chi connectivity index (χ4n) is 0.846. The second-order valence-corrected chi connectivity index (χ2v) is 2.67. The highest BCUT2D eigenvalue weighted by Crippen LogP contribution is 1.95. The first-order chi connectivity index (χ1) is 5.31. The first kappa shape index (κ1) is 10.7. The standard InChI is InChI=1S/C9H19NO/c1-4-10-7-5-6-9(2)8-11-3/h5-6,9-10H,4,7-8H2,1-3H3/b6-5+. The Bertz CT molecular complexity index is 102. The highest BCUT2D eigenvalue weighted by atomic mass is 16.5. The molecule has 0 amide bonds. The summed E-state index contributed by atoms with van der Waals surface area (Å²) >= 11 is 0. The maximum Gasteiger partial charge on any atom is 0.0522 e. The summed E-state index contributed by atoms with van der Waals surface area (Å²) in [5.74, 6) is 0.527. The predicted octanol–water partition coefficient (Wildman–Crippen LogP) is 1.43. The fourth-order valence-corrected chi connectivity index (χ4v) is 0.846. The molecule has 0 aromatic carbocycles. The molecule has 0 aliphatic rings. The summed E-state index contributed by atoms with van der Waals surface area (Å²) in [5, 5.41) is 3.22. The van der Waals surface area contributed by atoms with Crippen LogP contribution < -0.4 is 5.32 Å². The number of hydrogen-bond donors (Lipinski definition) is 1. The van der Waals surface area contributed by atoms with Crippen molar-refractivity contribution >= 4 is 0 Å². The third kappa shape index (κ3) is 7.56. The molecule has 0 bridgehead atoms. The average molecular weight is 157 g/mol. The lowest BCUT2D eigenvalue weighted by Crippen LogP contribution is -2.12. The van der Waals surface area contributed by atoms with E-state index in [4.69, 9.17) is 4.74 Å². The van der Waals surface area contributed by atoms with Crippen molar-refractivity contribution in [1.29, 1.82) is 0 Å². The molecule has 1 unspecified atom stereocenters. The lowest BCUT2D eigenvalue weighted by molar-refractivity contribution is 0.176. The van der Waals surface area contributed by atoms with Gasteiger partial charge in [-0.2, -0.15) is 0 Å². The summed E-state index contributed by atoms with van der Waals surface area (Å²) in [7, 11) is 1.73. The van der Waals surface area contributed by atoms with Gasteiger partial charge in [-0.25, -0.2) is 0 Å². The number of likely N-dealkylation sites (N-methyl/N-ethyl adjacent to an activating group) is 1. The monoisotopic (exact) mass is 157 g/mol. The molecule has 0 aliphatic heterocycles. The van der Waals surface area contributed by atoms with Crippen molar-refractivity contribution < 1.29 is 4.74 Å². The zero-order valence-corrected chi connectivity index (χ0v) is 7.76. The van der Waals surface area contributed by atoms with Gasteiger partial charge in [0.1, 0.15) is 0 Å². The molecule has 0 saturated heterocycles. The van der Waals surface area contributed by atoms with Crippen molar-refractivity contribution in [1.82, 2.24) is 5.32 Å². The van der Waals surface area contributed by atoms with Crippen LogP contribution in [0.2, 0.25) is 0 Å². The van der Waals surface area contributed by atoms with Crippen LogP contribution in [0.5, 0.6) is 0 Å². The predicted molar refractivity (Wildman–Crippen MR) is 48.7 cm³/mol. The zero-order valence-electron chi connectivity index (χ0n) is 7.76. The maximum atomic E-state index is 4.99. The molecule has 1 atom stereocenters. The minimum Gasteiger partial charge on any atom is -0.384 e. The smallest absolute Gasteiger partial charge is 0.0522 e. The van der Waals surface area contributed by atoms with Crippen molar-refractivity contribution in [2.75, 3.05) is 26.8 Å². The van der Waals surface area contributed by atoms with E-state index < -0.39 is 0 Å². The van der Waals surface area contributed by atoms with Crippen LogP contribution in [0.25, 0.3) is 0 Å². The van der Waals surface area contributed by atoms with Crippen LogP contribution in [-0.2, 0) is 4.74 Å². The summed E-state index contributed by atoms with van der Waals surface area (Å²) in [6, 6.07) is 0. The molecule has 0 aromatic rings. The molecule has 11 heavy (non-hydrogen) atoms. The lowest BCUT2D eigenvalue weighted by Gasteiger charge is -2.02. The first-order valence-corrected chi connectivity index (χ1v) is 4.17. The Hall–Kier alpha value is -0.340. The zero-order chi connectivity index (χ0) is 8.53. The molecule has 0 aromatic heterocycles. The second kappa shape index (κ2) is 7.76. The van der Waals surface area contributed by atoms with Crippen LogP contribution in [0, 0.1) is 5.92 Å². The van der Waals surface area contributed by atoms with E-state index in [1.165, 1.54) is 0 Å². The van der Waals surface area contributed by atoms with Gasteiger partial charge in [0.05, 0.1) is 6.61 Å². The summed E-state index contributed by atoms with van der Waals surface area (Å²) in [5.41, 5.74) is 0. The number of hydrogen-bond acceptors (Lipinski definition) is 2. The van der Waals surface area contributed by atoms with Gasteiger partial charge in [0.25, 0.3) is 0 Å². The van der Waals surface area contributed by atoms with Crippen LogP contribution in [0.15, 0.2) is 12.2 Å². The number of methoxy groups -OCH3 is 1. The number of ether oxygens (including phenoxy) is 1.